The SMILES string of the molecule is CCC(=O)Cc1ccc(CC(NC(=O)C2CCCN2S(=O)(=O)c2ccccc2)C(=O)O)cc1. The predicted octanol–water partition coefficient (Wildman–Crippen LogP) is 2.17. The second-order valence-electron chi connectivity index (χ2n) is 8.08. The number of hydrogen-bond acceptors (Lipinski definition) is 5. The largest absolute Gasteiger partial charge is 0.480 e. The number of nitrogens with one attached hydrogen (secondary N) is 1. The summed E-state index contributed by atoms with van der Waals surface area (Å²) in [6, 6.07) is 12.7. The highest BCUT2D eigenvalue weighted by Gasteiger charge is 2.40. The number of carbonyl (C=O) groups is 3. The van der Waals surface area contributed by atoms with E-state index in [-0.39, 0.29) is 23.6 Å². The minimum absolute atomic E-state index is 0.0429. The van der Waals surface area contributed by atoms with Crippen LogP contribution in [-0.4, -0.2) is 54.1 Å². The van der Waals surface area contributed by atoms with Gasteiger partial charge >= 0.3 is 5.97 Å². The number of aliphatic carboxylic acids is 1. The Morgan fingerprint density at radius 1 is 1.06 bits per heavy atom. The van der Waals surface area contributed by atoms with E-state index in [1.165, 1.54) is 12.1 Å². The van der Waals surface area contributed by atoms with Gasteiger partial charge in [0.25, 0.3) is 0 Å². The molecule has 1 amide bonds. The van der Waals surface area contributed by atoms with E-state index in [1.54, 1.807) is 49.4 Å². The minimum atomic E-state index is -3.87. The first-order valence-electron chi connectivity index (χ1n) is 10.9. The van der Waals surface area contributed by atoms with Crippen LogP contribution in [0.5, 0.6) is 0 Å². The van der Waals surface area contributed by atoms with E-state index in [1.807, 2.05) is 0 Å². The summed E-state index contributed by atoms with van der Waals surface area (Å²) in [6.07, 6.45) is 1.65. The molecule has 1 saturated heterocycles. The van der Waals surface area contributed by atoms with Crippen LogP contribution in [-0.2, 0) is 37.2 Å². The molecule has 1 heterocycles. The second kappa shape index (κ2) is 10.7. The van der Waals surface area contributed by atoms with Crippen LogP contribution in [0, 0.1) is 0 Å². The molecular formula is C24H28N2O6S. The maximum atomic E-state index is 13.0. The number of Topliss-reactive ketones (excluding diaryl/α,β-unsaturated/α-hetero) is 1. The van der Waals surface area contributed by atoms with Gasteiger partial charge in [0.1, 0.15) is 17.9 Å². The molecule has 0 saturated carbocycles. The second-order valence-corrected chi connectivity index (χ2v) is 9.97. The number of amides is 1. The van der Waals surface area contributed by atoms with Gasteiger partial charge in [-0.25, -0.2) is 13.2 Å². The molecule has 0 radical (unpaired) electrons. The Morgan fingerprint density at radius 3 is 2.30 bits per heavy atom. The van der Waals surface area contributed by atoms with E-state index in [2.05, 4.69) is 5.32 Å². The Kier molecular flexibility index (Phi) is 7.99. The third-order valence-corrected chi connectivity index (χ3v) is 7.65. The molecule has 0 bridgehead atoms. The van der Waals surface area contributed by atoms with Crippen LogP contribution < -0.4 is 5.32 Å². The van der Waals surface area contributed by atoms with Gasteiger partial charge in [0.2, 0.25) is 15.9 Å². The van der Waals surface area contributed by atoms with Crippen molar-refractivity contribution in [3.05, 3.63) is 65.7 Å². The molecule has 33 heavy (non-hydrogen) atoms. The number of hydrogen-bond donors (Lipinski definition) is 2. The summed E-state index contributed by atoms with van der Waals surface area (Å²) in [6.45, 7) is 2.00. The highest BCUT2D eigenvalue weighted by atomic mass is 32.2. The lowest BCUT2D eigenvalue weighted by Gasteiger charge is -2.25. The van der Waals surface area contributed by atoms with Gasteiger partial charge in [-0.3, -0.25) is 9.59 Å². The number of carbonyl (C=O) groups excluding carboxylic acids is 2. The maximum Gasteiger partial charge on any atom is 0.326 e. The van der Waals surface area contributed by atoms with Crippen molar-refractivity contribution in [3.8, 4) is 0 Å². The average Bonchev–Trinajstić information content (AvgIpc) is 3.31. The Bertz CT molecular complexity index is 1100. The van der Waals surface area contributed by atoms with E-state index < -0.39 is 34.0 Å². The molecule has 0 spiro atoms. The van der Waals surface area contributed by atoms with Gasteiger partial charge < -0.3 is 10.4 Å². The summed E-state index contributed by atoms with van der Waals surface area (Å²) in [5, 5.41) is 12.2. The fraction of sp³-hybridized carbons (Fsp3) is 0.375. The molecule has 2 unspecified atom stereocenters. The number of nitrogens with zero attached hydrogens (tertiary/aromatic N) is 1. The molecule has 8 nitrogen and oxygen atoms in total. The van der Waals surface area contributed by atoms with Crippen molar-refractivity contribution >= 4 is 27.7 Å². The van der Waals surface area contributed by atoms with E-state index in [0.717, 1.165) is 9.87 Å². The molecule has 1 fully saturated rings. The maximum absolute atomic E-state index is 13.0. The van der Waals surface area contributed by atoms with Crippen molar-refractivity contribution in [2.24, 2.45) is 0 Å². The lowest BCUT2D eigenvalue weighted by Crippen LogP contribution is -2.51. The van der Waals surface area contributed by atoms with Crippen molar-refractivity contribution in [2.75, 3.05) is 6.54 Å². The lowest BCUT2D eigenvalue weighted by molar-refractivity contribution is -0.142. The van der Waals surface area contributed by atoms with Crippen LogP contribution >= 0.6 is 0 Å². The summed E-state index contributed by atoms with van der Waals surface area (Å²) in [5.74, 6) is -1.71. The van der Waals surface area contributed by atoms with Gasteiger partial charge in [-0.1, -0.05) is 49.4 Å². The fourth-order valence-electron chi connectivity index (χ4n) is 3.87. The topological polar surface area (TPSA) is 121 Å². The van der Waals surface area contributed by atoms with Crippen molar-refractivity contribution in [1.82, 2.24) is 9.62 Å². The van der Waals surface area contributed by atoms with Gasteiger partial charge in [-0.15, -0.1) is 0 Å². The predicted molar refractivity (Wildman–Crippen MR) is 122 cm³/mol. The Labute approximate surface area is 193 Å². The molecule has 3 rings (SSSR count). The van der Waals surface area contributed by atoms with Gasteiger partial charge in [0.05, 0.1) is 4.90 Å². The molecule has 1 aliphatic rings. The lowest BCUT2D eigenvalue weighted by atomic mass is 10.0. The highest BCUT2D eigenvalue weighted by Crippen LogP contribution is 2.26. The van der Waals surface area contributed by atoms with E-state index >= 15 is 0 Å². The van der Waals surface area contributed by atoms with Crippen LogP contribution in [0.3, 0.4) is 0 Å². The summed E-state index contributed by atoms with van der Waals surface area (Å²) in [5.41, 5.74) is 1.53. The normalized spacial score (nSPS) is 17.4. The molecule has 2 N–H and O–H groups in total. The molecule has 176 valence electrons. The zero-order valence-corrected chi connectivity index (χ0v) is 19.3. The zero-order chi connectivity index (χ0) is 24.0. The first kappa shape index (κ1) is 24.6. The molecule has 9 heteroatoms. The van der Waals surface area contributed by atoms with Crippen molar-refractivity contribution in [3.63, 3.8) is 0 Å². The molecule has 2 aromatic rings. The fourth-order valence-corrected chi connectivity index (χ4v) is 5.54. The Balaban J connectivity index is 1.70. The number of rotatable bonds is 10. The van der Waals surface area contributed by atoms with Crippen molar-refractivity contribution in [2.45, 2.75) is 56.0 Å². The number of benzene rings is 2. The summed E-state index contributed by atoms with van der Waals surface area (Å²) in [4.78, 5) is 36.4. The Morgan fingerprint density at radius 2 is 1.70 bits per heavy atom. The summed E-state index contributed by atoms with van der Waals surface area (Å²) < 4.78 is 27.1. The van der Waals surface area contributed by atoms with Gasteiger partial charge in [0, 0.05) is 25.8 Å². The van der Waals surface area contributed by atoms with E-state index in [0.29, 0.717) is 31.2 Å². The molecule has 2 aromatic carbocycles. The number of sulfonamides is 1. The monoisotopic (exact) mass is 472 g/mol. The van der Waals surface area contributed by atoms with Gasteiger partial charge in [0.15, 0.2) is 0 Å². The molecule has 2 atom stereocenters. The number of carboxylic acid groups (broad SMARTS) is 1. The first-order valence-corrected chi connectivity index (χ1v) is 12.4. The van der Waals surface area contributed by atoms with Crippen LogP contribution in [0.4, 0.5) is 0 Å². The summed E-state index contributed by atoms with van der Waals surface area (Å²) in [7, 11) is -3.87. The van der Waals surface area contributed by atoms with Crippen LogP contribution in [0.25, 0.3) is 0 Å². The quantitative estimate of drug-likeness (QED) is 0.547. The Hall–Kier alpha value is -3.04. The molecule has 0 aliphatic carbocycles. The third kappa shape index (κ3) is 6.06. The van der Waals surface area contributed by atoms with Gasteiger partial charge in [-0.05, 0) is 36.1 Å². The van der Waals surface area contributed by atoms with E-state index in [9.17, 15) is 27.9 Å². The average molecular weight is 473 g/mol. The first-order chi connectivity index (χ1) is 15.7. The number of ketones is 1. The highest BCUT2D eigenvalue weighted by molar-refractivity contribution is 7.89. The molecular weight excluding hydrogens is 444 g/mol. The molecule has 1 aliphatic heterocycles. The van der Waals surface area contributed by atoms with E-state index in [4.69, 9.17) is 0 Å². The number of carboxylic acids is 1. The summed E-state index contributed by atoms with van der Waals surface area (Å²) >= 11 is 0. The van der Waals surface area contributed by atoms with Crippen molar-refractivity contribution in [1.29, 1.82) is 0 Å². The van der Waals surface area contributed by atoms with Crippen molar-refractivity contribution < 1.29 is 27.9 Å². The van der Waals surface area contributed by atoms with Crippen LogP contribution in [0.2, 0.25) is 0 Å². The van der Waals surface area contributed by atoms with Crippen LogP contribution in [0.15, 0.2) is 59.5 Å². The molecule has 0 aromatic heterocycles. The van der Waals surface area contributed by atoms with Gasteiger partial charge in [-0.2, -0.15) is 4.31 Å². The third-order valence-electron chi connectivity index (χ3n) is 5.73. The van der Waals surface area contributed by atoms with Crippen LogP contribution in [0.1, 0.15) is 37.3 Å². The zero-order valence-electron chi connectivity index (χ0n) is 18.4. The smallest absolute Gasteiger partial charge is 0.326 e. The standard InChI is InChI=1S/C24H28N2O6S/c1-2-19(27)15-17-10-12-18(13-11-17)16-21(24(29)30)25-23(28)22-9-6-14-26(22)33(31,32)20-7-4-3-5-8-20/h3-5,7-8,10-13,21-22H,2,6,9,14-16H2,1H3,(H,25,28)(H,29,30). The minimum Gasteiger partial charge on any atom is -0.480 e.